The fourth-order valence-electron chi connectivity index (χ4n) is 3.29. The van der Waals surface area contributed by atoms with Crippen molar-refractivity contribution in [1.29, 1.82) is 0 Å². The van der Waals surface area contributed by atoms with Crippen LogP contribution in [0, 0.1) is 5.92 Å². The lowest BCUT2D eigenvalue weighted by Crippen LogP contribution is -2.60. The van der Waals surface area contributed by atoms with Crippen molar-refractivity contribution in [3.05, 3.63) is 41.4 Å². The van der Waals surface area contributed by atoms with Crippen molar-refractivity contribution in [2.75, 3.05) is 6.54 Å². The Hall–Kier alpha value is -3.07. The van der Waals surface area contributed by atoms with Crippen LogP contribution in [0.15, 0.2) is 35.7 Å². The number of amides is 2. The molecule has 29 heavy (non-hydrogen) atoms. The van der Waals surface area contributed by atoms with Gasteiger partial charge in [-0.1, -0.05) is 30.3 Å². The van der Waals surface area contributed by atoms with E-state index in [4.69, 9.17) is 5.11 Å². The van der Waals surface area contributed by atoms with Gasteiger partial charge in [0.25, 0.3) is 0 Å². The molecule has 1 aliphatic heterocycles. The second kappa shape index (κ2) is 8.12. The second-order valence-electron chi connectivity index (χ2n) is 7.43. The highest BCUT2D eigenvalue weighted by Crippen LogP contribution is 2.32. The van der Waals surface area contributed by atoms with Crippen molar-refractivity contribution in [1.82, 2.24) is 15.2 Å². The Balaban J connectivity index is 1.80. The zero-order chi connectivity index (χ0) is 21.2. The SMILES string of the molecule is CC1(C)CC(=O)C(C(=O)NCC(=O)O)C(=O)N1Cc1csc(-c2ccccc2)n1. The summed E-state index contributed by atoms with van der Waals surface area (Å²) in [6.07, 6.45) is -0.000419. The first kappa shape index (κ1) is 20.7. The van der Waals surface area contributed by atoms with E-state index in [0.29, 0.717) is 5.69 Å². The third-order valence-corrected chi connectivity index (χ3v) is 5.68. The molecule has 0 spiro atoms. The number of thiazole rings is 1. The molecule has 2 aromatic rings. The predicted octanol–water partition coefficient (Wildman–Crippen LogP) is 1.71. The maximum Gasteiger partial charge on any atom is 0.322 e. The van der Waals surface area contributed by atoms with E-state index in [2.05, 4.69) is 10.3 Å². The van der Waals surface area contributed by atoms with Crippen LogP contribution >= 0.6 is 11.3 Å². The van der Waals surface area contributed by atoms with Crippen LogP contribution in [0.5, 0.6) is 0 Å². The van der Waals surface area contributed by atoms with Crippen molar-refractivity contribution < 1.29 is 24.3 Å². The molecule has 1 aliphatic rings. The van der Waals surface area contributed by atoms with Gasteiger partial charge >= 0.3 is 5.97 Å². The number of likely N-dealkylation sites (tertiary alicyclic amines) is 1. The summed E-state index contributed by atoms with van der Waals surface area (Å²) in [5, 5.41) is 13.5. The van der Waals surface area contributed by atoms with Crippen molar-refractivity contribution in [2.45, 2.75) is 32.4 Å². The summed E-state index contributed by atoms with van der Waals surface area (Å²) in [5.74, 6) is -4.81. The van der Waals surface area contributed by atoms with Crippen LogP contribution in [0.3, 0.4) is 0 Å². The van der Waals surface area contributed by atoms with E-state index in [9.17, 15) is 19.2 Å². The zero-order valence-corrected chi connectivity index (χ0v) is 16.9. The number of carboxylic acids is 1. The van der Waals surface area contributed by atoms with Crippen molar-refractivity contribution in [3.63, 3.8) is 0 Å². The number of Topliss-reactive ketones (excluding diaryl/α,β-unsaturated/α-hetero) is 1. The summed E-state index contributed by atoms with van der Waals surface area (Å²) in [7, 11) is 0. The van der Waals surface area contributed by atoms with Gasteiger partial charge in [0.05, 0.1) is 12.2 Å². The summed E-state index contributed by atoms with van der Waals surface area (Å²) < 4.78 is 0. The van der Waals surface area contributed by atoms with Gasteiger partial charge < -0.3 is 15.3 Å². The molecule has 1 saturated heterocycles. The Bertz CT molecular complexity index is 954. The van der Waals surface area contributed by atoms with Gasteiger partial charge in [0.2, 0.25) is 11.8 Å². The monoisotopic (exact) mass is 415 g/mol. The van der Waals surface area contributed by atoms with Gasteiger partial charge in [-0.3, -0.25) is 19.2 Å². The van der Waals surface area contributed by atoms with Gasteiger partial charge in [-0.25, -0.2) is 4.98 Å². The van der Waals surface area contributed by atoms with E-state index < -0.39 is 41.6 Å². The van der Waals surface area contributed by atoms with Gasteiger partial charge in [0, 0.05) is 22.9 Å². The van der Waals surface area contributed by atoms with E-state index in [0.717, 1.165) is 10.6 Å². The van der Waals surface area contributed by atoms with Crippen LogP contribution in [-0.4, -0.2) is 50.6 Å². The molecule has 8 nitrogen and oxygen atoms in total. The summed E-state index contributed by atoms with van der Waals surface area (Å²) in [4.78, 5) is 54.4. The number of nitrogens with zero attached hydrogens (tertiary/aromatic N) is 2. The van der Waals surface area contributed by atoms with Crippen molar-refractivity contribution in [3.8, 4) is 10.6 Å². The molecule has 9 heteroatoms. The third-order valence-electron chi connectivity index (χ3n) is 4.74. The van der Waals surface area contributed by atoms with Crippen LogP contribution < -0.4 is 5.32 Å². The highest BCUT2D eigenvalue weighted by Gasteiger charge is 2.48. The largest absolute Gasteiger partial charge is 0.480 e. The Labute approximate surface area is 171 Å². The minimum Gasteiger partial charge on any atom is -0.480 e. The number of carboxylic acid groups (broad SMARTS) is 1. The number of benzene rings is 1. The molecule has 3 rings (SSSR count). The van der Waals surface area contributed by atoms with Crippen LogP contribution in [0.2, 0.25) is 0 Å². The van der Waals surface area contributed by atoms with Gasteiger partial charge in [0.1, 0.15) is 11.6 Å². The molecule has 1 atom stereocenters. The normalized spacial score (nSPS) is 18.6. The Morgan fingerprint density at radius 3 is 2.62 bits per heavy atom. The molecule has 1 fully saturated rings. The Kier molecular flexibility index (Phi) is 5.78. The molecule has 2 N–H and O–H groups in total. The maximum absolute atomic E-state index is 13.0. The van der Waals surface area contributed by atoms with Crippen molar-refractivity contribution >= 4 is 34.9 Å². The molecule has 0 saturated carbocycles. The van der Waals surface area contributed by atoms with Crippen LogP contribution in [0.25, 0.3) is 10.6 Å². The zero-order valence-electron chi connectivity index (χ0n) is 16.0. The molecule has 0 aliphatic carbocycles. The maximum atomic E-state index is 13.0. The molecule has 0 radical (unpaired) electrons. The fourth-order valence-corrected chi connectivity index (χ4v) is 4.10. The Morgan fingerprint density at radius 2 is 1.97 bits per heavy atom. The standard InChI is InChI=1S/C20H21N3O5S/c1-20(2)8-14(24)16(17(27)21-9-15(25)26)19(28)23(20)10-13-11-29-18(22-13)12-6-4-3-5-7-12/h3-7,11,16H,8-10H2,1-2H3,(H,21,27)(H,25,26). The molecular weight excluding hydrogens is 394 g/mol. The number of aliphatic carboxylic acids is 1. The molecule has 0 bridgehead atoms. The summed E-state index contributed by atoms with van der Waals surface area (Å²) >= 11 is 1.45. The number of hydrogen-bond donors (Lipinski definition) is 2. The highest BCUT2D eigenvalue weighted by atomic mass is 32.1. The van der Waals surface area contributed by atoms with E-state index in [1.54, 1.807) is 13.8 Å². The number of rotatable bonds is 6. The summed E-state index contributed by atoms with van der Waals surface area (Å²) in [6, 6.07) is 9.64. The highest BCUT2D eigenvalue weighted by molar-refractivity contribution is 7.13. The molecule has 1 aromatic heterocycles. The Morgan fingerprint density at radius 1 is 1.28 bits per heavy atom. The van der Waals surface area contributed by atoms with Crippen LogP contribution in [0.1, 0.15) is 26.0 Å². The van der Waals surface area contributed by atoms with Gasteiger partial charge in [0.15, 0.2) is 11.7 Å². The van der Waals surface area contributed by atoms with Crippen LogP contribution in [-0.2, 0) is 25.7 Å². The number of carbonyl (C=O) groups excluding carboxylic acids is 3. The number of ketones is 1. The molecule has 1 aromatic carbocycles. The van der Waals surface area contributed by atoms with E-state index in [1.807, 2.05) is 35.7 Å². The van der Waals surface area contributed by atoms with E-state index in [-0.39, 0.29) is 13.0 Å². The second-order valence-corrected chi connectivity index (χ2v) is 8.29. The number of nitrogens with one attached hydrogen (secondary N) is 1. The molecule has 2 heterocycles. The van der Waals surface area contributed by atoms with Crippen molar-refractivity contribution in [2.24, 2.45) is 5.92 Å². The minimum absolute atomic E-state index is 0.000419. The first-order valence-corrected chi connectivity index (χ1v) is 9.90. The third kappa shape index (κ3) is 4.51. The van der Waals surface area contributed by atoms with Gasteiger partial charge in [-0.15, -0.1) is 11.3 Å². The number of hydrogen-bond acceptors (Lipinski definition) is 6. The lowest BCUT2D eigenvalue weighted by molar-refractivity contribution is -0.158. The lowest BCUT2D eigenvalue weighted by atomic mass is 9.82. The molecule has 1 unspecified atom stereocenters. The molecule has 2 amide bonds. The smallest absolute Gasteiger partial charge is 0.322 e. The van der Waals surface area contributed by atoms with E-state index >= 15 is 0 Å². The van der Waals surface area contributed by atoms with Gasteiger partial charge in [-0.05, 0) is 13.8 Å². The van der Waals surface area contributed by atoms with Crippen LogP contribution in [0.4, 0.5) is 0 Å². The number of aromatic nitrogens is 1. The predicted molar refractivity (Wildman–Crippen MR) is 106 cm³/mol. The summed E-state index contributed by atoms with van der Waals surface area (Å²) in [5.41, 5.74) is 0.845. The lowest BCUT2D eigenvalue weighted by Gasteiger charge is -2.43. The first-order chi connectivity index (χ1) is 13.7. The number of piperidine rings is 1. The summed E-state index contributed by atoms with van der Waals surface area (Å²) in [6.45, 7) is 3.04. The topological polar surface area (TPSA) is 117 Å². The fraction of sp³-hybridized carbons (Fsp3) is 0.350. The molecular formula is C20H21N3O5S. The van der Waals surface area contributed by atoms with Gasteiger partial charge in [-0.2, -0.15) is 0 Å². The van der Waals surface area contributed by atoms with E-state index in [1.165, 1.54) is 16.2 Å². The number of carbonyl (C=O) groups is 4. The molecule has 152 valence electrons. The average Bonchev–Trinajstić information content (AvgIpc) is 3.12. The first-order valence-electron chi connectivity index (χ1n) is 9.02. The average molecular weight is 415 g/mol. The minimum atomic E-state index is -1.53. The quantitative estimate of drug-likeness (QED) is 0.694.